The molecule has 0 aliphatic carbocycles. The Kier molecular flexibility index (Phi) is 7.28. The summed E-state index contributed by atoms with van der Waals surface area (Å²) < 4.78 is 32.7. The molecule has 36 heavy (non-hydrogen) atoms. The molecular formula is C27H30FN5O3. The maximum atomic E-state index is 15.9. The monoisotopic (exact) mass is 491 g/mol. The number of nitrogens with one attached hydrogen (secondary N) is 3. The summed E-state index contributed by atoms with van der Waals surface area (Å²) >= 11 is 0. The SMILES string of the molecule is CCOc1cc(OC(C)C)c(F)c(C(Nc2ccc(C(=N)N)cc2)c2nc3cc(OC)ccc3[nH]2)c1. The molecule has 8 nitrogen and oxygen atoms in total. The first kappa shape index (κ1) is 24.8. The van der Waals surface area contributed by atoms with Gasteiger partial charge in [-0.25, -0.2) is 9.37 Å². The minimum atomic E-state index is -0.721. The van der Waals surface area contributed by atoms with Crippen LogP contribution in [-0.2, 0) is 0 Å². The standard InChI is InChI=1S/C27H30FN5O3/c1-5-35-19-12-20(24(28)23(14-19)36-15(2)3)25(31-17-8-6-16(7-9-17)26(29)30)27-32-21-11-10-18(34-4)13-22(21)33-27/h6-15,25,31H,5H2,1-4H3,(H3,29,30)(H,32,33). The molecule has 188 valence electrons. The van der Waals surface area contributed by atoms with Crippen LogP contribution in [0.2, 0.25) is 0 Å². The van der Waals surface area contributed by atoms with Crippen LogP contribution in [0.5, 0.6) is 17.2 Å². The van der Waals surface area contributed by atoms with Crippen molar-refractivity contribution in [2.75, 3.05) is 19.0 Å². The number of benzene rings is 3. The molecule has 1 atom stereocenters. The molecular weight excluding hydrogens is 461 g/mol. The van der Waals surface area contributed by atoms with Gasteiger partial charge >= 0.3 is 0 Å². The van der Waals surface area contributed by atoms with E-state index in [4.69, 9.17) is 30.3 Å². The second-order valence-corrected chi connectivity index (χ2v) is 8.50. The number of hydrogen-bond acceptors (Lipinski definition) is 6. The van der Waals surface area contributed by atoms with E-state index in [9.17, 15) is 0 Å². The van der Waals surface area contributed by atoms with Crippen molar-refractivity contribution in [1.29, 1.82) is 5.41 Å². The largest absolute Gasteiger partial charge is 0.497 e. The minimum Gasteiger partial charge on any atom is -0.497 e. The minimum absolute atomic E-state index is 0.0322. The van der Waals surface area contributed by atoms with Gasteiger partial charge in [-0.05, 0) is 63.2 Å². The van der Waals surface area contributed by atoms with E-state index in [0.29, 0.717) is 46.3 Å². The molecule has 5 N–H and O–H groups in total. The van der Waals surface area contributed by atoms with Crippen LogP contribution in [0.15, 0.2) is 54.6 Å². The number of aromatic nitrogens is 2. The third-order valence-corrected chi connectivity index (χ3v) is 5.51. The van der Waals surface area contributed by atoms with Gasteiger partial charge in [0.2, 0.25) is 0 Å². The lowest BCUT2D eigenvalue weighted by atomic mass is 10.0. The zero-order valence-electron chi connectivity index (χ0n) is 20.7. The Morgan fingerprint density at radius 2 is 1.86 bits per heavy atom. The highest BCUT2D eigenvalue weighted by Crippen LogP contribution is 2.36. The summed E-state index contributed by atoms with van der Waals surface area (Å²) in [5.74, 6) is 1.21. The highest BCUT2D eigenvalue weighted by molar-refractivity contribution is 5.95. The van der Waals surface area contributed by atoms with E-state index in [1.807, 2.05) is 39.0 Å². The van der Waals surface area contributed by atoms with Crippen LogP contribution in [0.25, 0.3) is 11.0 Å². The van der Waals surface area contributed by atoms with Gasteiger partial charge in [-0.3, -0.25) is 5.41 Å². The first-order valence-corrected chi connectivity index (χ1v) is 11.7. The summed E-state index contributed by atoms with van der Waals surface area (Å²) in [4.78, 5) is 8.05. The number of H-pyrrole nitrogens is 1. The van der Waals surface area contributed by atoms with Crippen molar-refractivity contribution >= 4 is 22.6 Å². The number of fused-ring (bicyclic) bond motifs is 1. The number of anilines is 1. The molecule has 0 bridgehead atoms. The van der Waals surface area contributed by atoms with E-state index in [1.165, 1.54) is 0 Å². The van der Waals surface area contributed by atoms with Crippen molar-refractivity contribution in [3.05, 3.63) is 77.4 Å². The van der Waals surface area contributed by atoms with E-state index in [-0.39, 0.29) is 17.7 Å². The third kappa shape index (κ3) is 5.35. The number of ether oxygens (including phenoxy) is 3. The zero-order chi connectivity index (χ0) is 25.8. The molecule has 4 aromatic rings. The Labute approximate surface area is 209 Å². The number of imidazole rings is 1. The fraction of sp³-hybridized carbons (Fsp3) is 0.259. The average Bonchev–Trinajstić information content (AvgIpc) is 3.27. The summed E-state index contributed by atoms with van der Waals surface area (Å²) in [5.41, 5.74) is 8.64. The second-order valence-electron chi connectivity index (χ2n) is 8.50. The Morgan fingerprint density at radius 3 is 2.50 bits per heavy atom. The number of amidine groups is 1. The first-order chi connectivity index (χ1) is 17.3. The van der Waals surface area contributed by atoms with Crippen LogP contribution >= 0.6 is 0 Å². The van der Waals surface area contributed by atoms with Gasteiger partial charge in [-0.2, -0.15) is 0 Å². The fourth-order valence-corrected chi connectivity index (χ4v) is 3.87. The van der Waals surface area contributed by atoms with Crippen molar-refractivity contribution < 1.29 is 18.6 Å². The van der Waals surface area contributed by atoms with Gasteiger partial charge in [-0.15, -0.1) is 0 Å². The van der Waals surface area contributed by atoms with Crippen LogP contribution in [0, 0.1) is 11.2 Å². The summed E-state index contributed by atoms with van der Waals surface area (Å²) in [6.07, 6.45) is -0.228. The van der Waals surface area contributed by atoms with Gasteiger partial charge in [0, 0.05) is 28.9 Å². The molecule has 0 spiro atoms. The smallest absolute Gasteiger partial charge is 0.171 e. The summed E-state index contributed by atoms with van der Waals surface area (Å²) in [5, 5.41) is 11.0. The topological polar surface area (TPSA) is 118 Å². The molecule has 4 rings (SSSR count). The van der Waals surface area contributed by atoms with Crippen molar-refractivity contribution in [2.24, 2.45) is 5.73 Å². The number of methoxy groups -OCH3 is 1. The van der Waals surface area contributed by atoms with Gasteiger partial charge in [0.15, 0.2) is 11.6 Å². The maximum absolute atomic E-state index is 15.9. The van der Waals surface area contributed by atoms with Crippen LogP contribution in [0.4, 0.5) is 10.1 Å². The average molecular weight is 492 g/mol. The fourth-order valence-electron chi connectivity index (χ4n) is 3.87. The zero-order valence-corrected chi connectivity index (χ0v) is 20.7. The number of rotatable bonds is 10. The number of halogens is 1. The number of nitrogen functional groups attached to an aromatic ring is 1. The summed E-state index contributed by atoms with van der Waals surface area (Å²) in [6.45, 7) is 5.96. The van der Waals surface area contributed by atoms with E-state index >= 15 is 4.39 Å². The third-order valence-electron chi connectivity index (χ3n) is 5.51. The summed E-state index contributed by atoms with van der Waals surface area (Å²) in [7, 11) is 1.59. The molecule has 0 saturated carbocycles. The van der Waals surface area contributed by atoms with Gasteiger partial charge < -0.3 is 30.2 Å². The molecule has 1 heterocycles. The van der Waals surface area contributed by atoms with Crippen LogP contribution in [0.1, 0.15) is 43.8 Å². The Hall–Kier alpha value is -4.27. The lowest BCUT2D eigenvalue weighted by Gasteiger charge is -2.22. The first-order valence-electron chi connectivity index (χ1n) is 11.7. The van der Waals surface area contributed by atoms with Crippen molar-refractivity contribution in [1.82, 2.24) is 9.97 Å². The van der Waals surface area contributed by atoms with Gasteiger partial charge in [-0.1, -0.05) is 0 Å². The number of nitrogens with two attached hydrogens (primary N) is 1. The highest BCUT2D eigenvalue weighted by atomic mass is 19.1. The molecule has 0 aliphatic rings. The van der Waals surface area contributed by atoms with E-state index in [1.54, 1.807) is 43.5 Å². The molecule has 9 heteroatoms. The lowest BCUT2D eigenvalue weighted by Crippen LogP contribution is -2.18. The van der Waals surface area contributed by atoms with Crippen LogP contribution < -0.4 is 25.3 Å². The Balaban J connectivity index is 1.86. The van der Waals surface area contributed by atoms with Crippen molar-refractivity contribution in [3.8, 4) is 17.2 Å². The van der Waals surface area contributed by atoms with Crippen molar-refractivity contribution in [3.63, 3.8) is 0 Å². The predicted octanol–water partition coefficient (Wildman–Crippen LogP) is 5.38. The van der Waals surface area contributed by atoms with Gasteiger partial charge in [0.1, 0.15) is 29.2 Å². The molecule has 1 aromatic heterocycles. The Bertz CT molecular complexity index is 1370. The van der Waals surface area contributed by atoms with Crippen molar-refractivity contribution in [2.45, 2.75) is 32.9 Å². The van der Waals surface area contributed by atoms with E-state index in [2.05, 4.69) is 10.3 Å². The quantitative estimate of drug-likeness (QED) is 0.175. The van der Waals surface area contributed by atoms with E-state index in [0.717, 1.165) is 5.52 Å². The normalized spacial score (nSPS) is 11.9. The molecule has 3 aromatic carbocycles. The van der Waals surface area contributed by atoms with Gasteiger partial charge in [0.05, 0.1) is 30.9 Å². The van der Waals surface area contributed by atoms with E-state index < -0.39 is 11.9 Å². The molecule has 0 aliphatic heterocycles. The lowest BCUT2D eigenvalue weighted by molar-refractivity contribution is 0.228. The number of aromatic amines is 1. The molecule has 1 unspecified atom stereocenters. The van der Waals surface area contributed by atoms with Crippen LogP contribution in [0.3, 0.4) is 0 Å². The summed E-state index contributed by atoms with van der Waals surface area (Å²) in [6, 6.07) is 15.0. The molecule has 0 amide bonds. The predicted molar refractivity (Wildman–Crippen MR) is 139 cm³/mol. The molecule has 0 saturated heterocycles. The number of hydrogen-bond donors (Lipinski definition) is 4. The molecule has 0 radical (unpaired) electrons. The Morgan fingerprint density at radius 1 is 1.11 bits per heavy atom. The van der Waals surface area contributed by atoms with Crippen LogP contribution in [-0.4, -0.2) is 35.6 Å². The highest BCUT2D eigenvalue weighted by Gasteiger charge is 2.26. The maximum Gasteiger partial charge on any atom is 0.171 e. The second kappa shape index (κ2) is 10.6. The number of nitrogens with zero attached hydrogens (tertiary/aromatic N) is 1. The van der Waals surface area contributed by atoms with Gasteiger partial charge in [0.25, 0.3) is 0 Å². The molecule has 0 fully saturated rings.